The number of ether oxygens (including phenoxy) is 1. The van der Waals surface area contributed by atoms with Gasteiger partial charge in [0.25, 0.3) is 11.7 Å². The molecule has 2 N–H and O–H groups in total. The van der Waals surface area contributed by atoms with E-state index in [9.17, 15) is 19.8 Å². The Labute approximate surface area is 186 Å². The van der Waals surface area contributed by atoms with Gasteiger partial charge in [0.1, 0.15) is 23.0 Å². The number of rotatable bonds is 5. The van der Waals surface area contributed by atoms with E-state index in [4.69, 9.17) is 9.15 Å². The minimum atomic E-state index is -0.855. The van der Waals surface area contributed by atoms with Gasteiger partial charge in [0, 0.05) is 5.56 Å². The van der Waals surface area contributed by atoms with Crippen molar-refractivity contribution in [2.24, 2.45) is 0 Å². The van der Waals surface area contributed by atoms with Crippen LogP contribution in [0.5, 0.6) is 11.5 Å². The van der Waals surface area contributed by atoms with Crippen molar-refractivity contribution in [3.63, 3.8) is 0 Å². The van der Waals surface area contributed by atoms with Crippen LogP contribution in [-0.2, 0) is 16.1 Å². The fourth-order valence-electron chi connectivity index (χ4n) is 3.59. The molecule has 0 aliphatic carbocycles. The molecule has 1 fully saturated rings. The molecule has 4 rings (SSSR count). The Morgan fingerprint density at radius 3 is 2.52 bits per heavy atom. The van der Waals surface area contributed by atoms with Crippen LogP contribution in [0.1, 0.15) is 22.9 Å². The Morgan fingerprint density at radius 2 is 1.90 bits per heavy atom. The van der Waals surface area contributed by atoms with Gasteiger partial charge in [-0.05, 0) is 64.0 Å². The van der Waals surface area contributed by atoms with Gasteiger partial charge in [0.05, 0.1) is 36.0 Å². The Morgan fingerprint density at radius 1 is 1.16 bits per heavy atom. The fraction of sp³-hybridized carbons (Fsp3) is 0.130. The number of phenols is 1. The summed E-state index contributed by atoms with van der Waals surface area (Å²) in [6.45, 7) is 0.0478. The molecule has 1 saturated heterocycles. The standard InChI is InChI=1S/C23H18BrNO6/c1-30-18-9-6-14(11-17(18)24)21(27)19-20(13-4-7-15(26)8-5-13)25(23(29)22(19)28)12-16-3-2-10-31-16/h2-11,20,26-27H,12H2,1H3/b21-19-. The van der Waals surface area contributed by atoms with Crippen molar-refractivity contribution in [1.29, 1.82) is 0 Å². The number of methoxy groups -OCH3 is 1. The van der Waals surface area contributed by atoms with Crippen LogP contribution in [0.2, 0.25) is 0 Å². The topological polar surface area (TPSA) is 100 Å². The van der Waals surface area contributed by atoms with E-state index in [-0.39, 0.29) is 23.6 Å². The number of aliphatic hydroxyl groups is 1. The van der Waals surface area contributed by atoms with Crippen LogP contribution < -0.4 is 4.74 Å². The summed E-state index contributed by atoms with van der Waals surface area (Å²) in [6.07, 6.45) is 1.48. The molecular formula is C23H18BrNO6. The Kier molecular flexibility index (Phi) is 5.56. The van der Waals surface area contributed by atoms with E-state index in [1.165, 1.54) is 30.4 Å². The van der Waals surface area contributed by atoms with Crippen molar-refractivity contribution < 1.29 is 29.0 Å². The van der Waals surface area contributed by atoms with Gasteiger partial charge >= 0.3 is 0 Å². The lowest BCUT2D eigenvalue weighted by atomic mass is 9.95. The average molecular weight is 484 g/mol. The Bertz CT molecular complexity index is 1170. The number of halogens is 1. The fourth-order valence-corrected chi connectivity index (χ4v) is 4.13. The third kappa shape index (κ3) is 3.82. The third-order valence-corrected chi connectivity index (χ3v) is 5.70. The Hall–Kier alpha value is -3.52. The van der Waals surface area contributed by atoms with E-state index in [1.54, 1.807) is 42.5 Å². The summed E-state index contributed by atoms with van der Waals surface area (Å²) in [7, 11) is 1.52. The maximum Gasteiger partial charge on any atom is 0.296 e. The number of Topliss-reactive ketones (excluding diaryl/α,β-unsaturated/α-hetero) is 1. The molecule has 1 unspecified atom stereocenters. The summed E-state index contributed by atoms with van der Waals surface area (Å²) < 4.78 is 11.2. The molecule has 1 aliphatic rings. The van der Waals surface area contributed by atoms with Crippen LogP contribution in [0.4, 0.5) is 0 Å². The van der Waals surface area contributed by atoms with Crippen LogP contribution in [-0.4, -0.2) is 33.9 Å². The van der Waals surface area contributed by atoms with Crippen molar-refractivity contribution >= 4 is 33.4 Å². The first-order valence-corrected chi connectivity index (χ1v) is 10.1. The van der Waals surface area contributed by atoms with E-state index in [2.05, 4.69) is 15.9 Å². The zero-order chi connectivity index (χ0) is 22.1. The number of hydrogen-bond donors (Lipinski definition) is 2. The number of furan rings is 1. The van der Waals surface area contributed by atoms with Crippen molar-refractivity contribution in [2.75, 3.05) is 7.11 Å². The number of ketones is 1. The van der Waals surface area contributed by atoms with Gasteiger partial charge in [-0.15, -0.1) is 0 Å². The monoisotopic (exact) mass is 483 g/mol. The highest BCUT2D eigenvalue weighted by atomic mass is 79.9. The molecule has 31 heavy (non-hydrogen) atoms. The quantitative estimate of drug-likeness (QED) is 0.317. The summed E-state index contributed by atoms with van der Waals surface area (Å²) in [4.78, 5) is 27.2. The second-order valence-electron chi connectivity index (χ2n) is 6.95. The molecule has 1 aliphatic heterocycles. The zero-order valence-electron chi connectivity index (χ0n) is 16.4. The molecule has 0 radical (unpaired) electrons. The summed E-state index contributed by atoms with van der Waals surface area (Å²) >= 11 is 3.37. The number of carbonyl (C=O) groups excluding carboxylic acids is 2. The van der Waals surface area contributed by atoms with Crippen molar-refractivity contribution in [2.45, 2.75) is 12.6 Å². The van der Waals surface area contributed by atoms with Crippen LogP contribution in [0.15, 0.2) is 75.3 Å². The number of amides is 1. The van der Waals surface area contributed by atoms with Gasteiger partial charge in [0.15, 0.2) is 0 Å². The van der Waals surface area contributed by atoms with E-state index in [1.807, 2.05) is 0 Å². The van der Waals surface area contributed by atoms with E-state index in [0.29, 0.717) is 27.1 Å². The lowest BCUT2D eigenvalue weighted by Crippen LogP contribution is -2.29. The molecule has 2 aromatic carbocycles. The molecule has 2 heterocycles. The lowest BCUT2D eigenvalue weighted by Gasteiger charge is -2.24. The molecule has 1 amide bonds. The maximum absolute atomic E-state index is 13.0. The van der Waals surface area contributed by atoms with E-state index < -0.39 is 17.7 Å². The van der Waals surface area contributed by atoms with Crippen LogP contribution in [0, 0.1) is 0 Å². The largest absolute Gasteiger partial charge is 0.508 e. The SMILES string of the molecule is COc1ccc(/C(O)=C2/C(=O)C(=O)N(Cc3ccco3)C2c2ccc(O)cc2)cc1Br. The molecule has 158 valence electrons. The van der Waals surface area contributed by atoms with Gasteiger partial charge in [-0.1, -0.05) is 12.1 Å². The number of hydrogen-bond acceptors (Lipinski definition) is 6. The van der Waals surface area contributed by atoms with Crippen molar-refractivity contribution in [3.8, 4) is 11.5 Å². The van der Waals surface area contributed by atoms with E-state index >= 15 is 0 Å². The molecule has 1 atom stereocenters. The average Bonchev–Trinajstić information content (AvgIpc) is 3.36. The highest BCUT2D eigenvalue weighted by Crippen LogP contribution is 2.41. The lowest BCUT2D eigenvalue weighted by molar-refractivity contribution is -0.140. The number of aromatic hydroxyl groups is 1. The highest BCUT2D eigenvalue weighted by molar-refractivity contribution is 9.10. The van der Waals surface area contributed by atoms with Crippen molar-refractivity contribution in [3.05, 3.63) is 87.8 Å². The van der Waals surface area contributed by atoms with Crippen LogP contribution >= 0.6 is 15.9 Å². The molecule has 3 aromatic rings. The zero-order valence-corrected chi connectivity index (χ0v) is 18.0. The van der Waals surface area contributed by atoms with Gasteiger partial charge in [-0.3, -0.25) is 9.59 Å². The summed E-state index contributed by atoms with van der Waals surface area (Å²) in [5.74, 6) is -0.743. The Balaban J connectivity index is 1.86. The predicted molar refractivity (Wildman–Crippen MR) is 115 cm³/mol. The minimum Gasteiger partial charge on any atom is -0.508 e. The first-order valence-electron chi connectivity index (χ1n) is 9.34. The van der Waals surface area contributed by atoms with Gasteiger partial charge in [-0.2, -0.15) is 0 Å². The minimum absolute atomic E-state index is 0.0423. The first kappa shape index (κ1) is 20.7. The second kappa shape index (κ2) is 8.31. The summed E-state index contributed by atoms with van der Waals surface area (Å²) in [5, 5.41) is 20.7. The molecule has 7 nitrogen and oxygen atoms in total. The number of benzene rings is 2. The molecule has 1 aromatic heterocycles. The highest BCUT2D eigenvalue weighted by Gasteiger charge is 2.46. The van der Waals surface area contributed by atoms with Gasteiger partial charge in [-0.25, -0.2) is 0 Å². The molecular weight excluding hydrogens is 466 g/mol. The van der Waals surface area contributed by atoms with Gasteiger partial charge < -0.3 is 24.3 Å². The number of nitrogens with zero attached hydrogens (tertiary/aromatic N) is 1. The third-order valence-electron chi connectivity index (χ3n) is 5.08. The molecule has 0 bridgehead atoms. The first-order chi connectivity index (χ1) is 14.9. The molecule has 0 spiro atoms. The smallest absolute Gasteiger partial charge is 0.296 e. The number of phenolic OH excluding ortho intramolecular Hbond substituents is 1. The normalized spacial score (nSPS) is 17.9. The van der Waals surface area contributed by atoms with Crippen LogP contribution in [0.25, 0.3) is 5.76 Å². The summed E-state index contributed by atoms with van der Waals surface area (Å²) in [6, 6.07) is 13.5. The van der Waals surface area contributed by atoms with Gasteiger partial charge in [0.2, 0.25) is 0 Å². The predicted octanol–water partition coefficient (Wildman–Crippen LogP) is 4.38. The number of carbonyl (C=O) groups is 2. The molecule has 0 saturated carbocycles. The maximum atomic E-state index is 13.0. The van der Waals surface area contributed by atoms with Crippen LogP contribution in [0.3, 0.4) is 0 Å². The second-order valence-corrected chi connectivity index (χ2v) is 7.80. The number of aliphatic hydroxyl groups excluding tert-OH is 1. The summed E-state index contributed by atoms with van der Waals surface area (Å²) in [5.41, 5.74) is 0.879. The number of likely N-dealkylation sites (tertiary alicyclic amines) is 1. The van der Waals surface area contributed by atoms with E-state index in [0.717, 1.165) is 0 Å². The van der Waals surface area contributed by atoms with Crippen molar-refractivity contribution in [1.82, 2.24) is 4.90 Å². The molecule has 8 heteroatoms.